The fraction of sp³-hybridized carbons (Fsp3) is 0.556. The predicted octanol–water partition coefficient (Wildman–Crippen LogP) is 0.433. The third kappa shape index (κ3) is 3.16. The quantitative estimate of drug-likeness (QED) is 0.833. The van der Waals surface area contributed by atoms with Crippen molar-refractivity contribution >= 4 is 17.4 Å². The molecule has 1 fully saturated rings. The molecule has 1 amide bonds. The number of primary amides is 1. The summed E-state index contributed by atoms with van der Waals surface area (Å²) in [7, 11) is 0. The van der Waals surface area contributed by atoms with E-state index in [1.54, 1.807) is 0 Å². The lowest BCUT2D eigenvalue weighted by atomic mass is 10.4. The number of amides is 1. The van der Waals surface area contributed by atoms with E-state index in [4.69, 9.17) is 10.5 Å². The van der Waals surface area contributed by atoms with Gasteiger partial charge in [-0.1, -0.05) is 11.3 Å². The van der Waals surface area contributed by atoms with Gasteiger partial charge in [0.25, 0.3) is 5.19 Å². The Morgan fingerprint density at radius 1 is 1.62 bits per heavy atom. The van der Waals surface area contributed by atoms with Crippen molar-refractivity contribution in [1.29, 1.82) is 0 Å². The molecule has 0 unspecified atom stereocenters. The lowest BCUT2D eigenvalue weighted by Crippen LogP contribution is -2.35. The van der Waals surface area contributed by atoms with Crippen LogP contribution in [0, 0.1) is 0 Å². The van der Waals surface area contributed by atoms with Crippen molar-refractivity contribution in [2.24, 2.45) is 5.73 Å². The molecule has 2 heterocycles. The minimum absolute atomic E-state index is 0.302. The van der Waals surface area contributed by atoms with Crippen molar-refractivity contribution in [1.82, 2.24) is 9.88 Å². The van der Waals surface area contributed by atoms with E-state index < -0.39 is 6.09 Å². The summed E-state index contributed by atoms with van der Waals surface area (Å²) in [5.41, 5.74) is 5.79. The predicted molar refractivity (Wildman–Crippen MR) is 58.4 cm³/mol. The lowest BCUT2D eigenvalue weighted by Gasteiger charge is -2.25. The van der Waals surface area contributed by atoms with Crippen molar-refractivity contribution in [3.8, 4) is 5.19 Å². The van der Waals surface area contributed by atoms with Crippen molar-refractivity contribution in [2.45, 2.75) is 6.54 Å². The van der Waals surface area contributed by atoms with Crippen LogP contribution in [0.15, 0.2) is 5.38 Å². The average Bonchev–Trinajstić information content (AvgIpc) is 2.66. The Kier molecular flexibility index (Phi) is 3.70. The van der Waals surface area contributed by atoms with E-state index in [9.17, 15) is 4.79 Å². The maximum atomic E-state index is 10.5. The van der Waals surface area contributed by atoms with Crippen molar-refractivity contribution < 1.29 is 14.3 Å². The van der Waals surface area contributed by atoms with Crippen molar-refractivity contribution in [3.63, 3.8) is 0 Å². The monoisotopic (exact) mass is 243 g/mol. The highest BCUT2D eigenvalue weighted by Crippen LogP contribution is 2.19. The van der Waals surface area contributed by atoms with Gasteiger partial charge in [-0.05, 0) is 0 Å². The van der Waals surface area contributed by atoms with Crippen LogP contribution in [0.25, 0.3) is 0 Å². The molecule has 6 nitrogen and oxygen atoms in total. The third-order valence-corrected chi connectivity index (χ3v) is 2.97. The van der Waals surface area contributed by atoms with Crippen molar-refractivity contribution in [2.75, 3.05) is 26.3 Å². The number of nitrogens with zero attached hydrogens (tertiary/aromatic N) is 2. The number of thiazole rings is 1. The summed E-state index contributed by atoms with van der Waals surface area (Å²) < 4.78 is 9.94. The van der Waals surface area contributed by atoms with Crippen LogP contribution in [-0.4, -0.2) is 42.3 Å². The van der Waals surface area contributed by atoms with Crippen LogP contribution in [0.5, 0.6) is 5.19 Å². The highest BCUT2D eigenvalue weighted by molar-refractivity contribution is 7.11. The largest absolute Gasteiger partial charge is 0.411 e. The van der Waals surface area contributed by atoms with E-state index in [1.807, 2.05) is 5.38 Å². The maximum Gasteiger partial charge on any atom is 0.411 e. The molecule has 88 valence electrons. The summed E-state index contributed by atoms with van der Waals surface area (Å²) in [6.07, 6.45) is -0.827. The molecule has 0 spiro atoms. The van der Waals surface area contributed by atoms with Gasteiger partial charge in [0.2, 0.25) is 0 Å². The molecule has 1 aliphatic rings. The van der Waals surface area contributed by atoms with E-state index >= 15 is 0 Å². The molecule has 2 rings (SSSR count). The molecule has 0 radical (unpaired) electrons. The molecule has 2 N–H and O–H groups in total. The zero-order chi connectivity index (χ0) is 11.4. The summed E-state index contributed by atoms with van der Waals surface area (Å²) in [5, 5.41) is 2.17. The fourth-order valence-electron chi connectivity index (χ4n) is 1.48. The molecule has 0 aromatic carbocycles. The Morgan fingerprint density at radius 3 is 3.06 bits per heavy atom. The molecule has 0 aliphatic carbocycles. The van der Waals surface area contributed by atoms with Gasteiger partial charge in [-0.25, -0.2) is 9.78 Å². The summed E-state index contributed by atoms with van der Waals surface area (Å²) >= 11 is 1.27. The first-order valence-corrected chi connectivity index (χ1v) is 5.84. The topological polar surface area (TPSA) is 77.7 Å². The van der Waals surface area contributed by atoms with E-state index in [1.165, 1.54) is 11.3 Å². The number of ether oxygens (including phenoxy) is 2. The van der Waals surface area contributed by atoms with Gasteiger partial charge in [0, 0.05) is 25.0 Å². The van der Waals surface area contributed by atoms with Crippen LogP contribution >= 0.6 is 11.3 Å². The van der Waals surface area contributed by atoms with Gasteiger partial charge >= 0.3 is 6.09 Å². The van der Waals surface area contributed by atoms with Crippen LogP contribution in [-0.2, 0) is 11.3 Å². The Labute approximate surface area is 97.0 Å². The lowest BCUT2D eigenvalue weighted by molar-refractivity contribution is 0.0337. The number of carbonyl (C=O) groups is 1. The van der Waals surface area contributed by atoms with Crippen molar-refractivity contribution in [3.05, 3.63) is 11.1 Å². The summed E-state index contributed by atoms with van der Waals surface area (Å²) in [6, 6.07) is 0. The van der Waals surface area contributed by atoms with Gasteiger partial charge in [0.05, 0.1) is 18.9 Å². The first kappa shape index (κ1) is 11.3. The van der Waals surface area contributed by atoms with Gasteiger partial charge < -0.3 is 15.2 Å². The highest BCUT2D eigenvalue weighted by Gasteiger charge is 2.13. The molecular formula is C9H13N3O3S. The van der Waals surface area contributed by atoms with E-state index in [0.29, 0.717) is 5.19 Å². The van der Waals surface area contributed by atoms with Gasteiger partial charge in [0.1, 0.15) is 0 Å². The average molecular weight is 243 g/mol. The van der Waals surface area contributed by atoms with E-state index in [0.717, 1.165) is 38.5 Å². The number of carbonyl (C=O) groups excluding carboxylic acids is 1. The number of hydrogen-bond donors (Lipinski definition) is 1. The molecule has 0 saturated carbocycles. The number of nitrogens with two attached hydrogens (primary N) is 1. The molecule has 7 heteroatoms. The molecule has 1 saturated heterocycles. The molecule has 16 heavy (non-hydrogen) atoms. The molecular weight excluding hydrogens is 230 g/mol. The Balaban J connectivity index is 1.88. The maximum absolute atomic E-state index is 10.5. The normalized spacial score (nSPS) is 17.2. The zero-order valence-corrected chi connectivity index (χ0v) is 9.53. The van der Waals surface area contributed by atoms with Gasteiger partial charge in [-0.2, -0.15) is 0 Å². The van der Waals surface area contributed by atoms with Gasteiger partial charge in [-0.15, -0.1) is 0 Å². The Morgan fingerprint density at radius 2 is 2.38 bits per heavy atom. The molecule has 1 aromatic heterocycles. The third-order valence-electron chi connectivity index (χ3n) is 2.21. The van der Waals surface area contributed by atoms with Crippen LogP contribution in [0.2, 0.25) is 0 Å². The van der Waals surface area contributed by atoms with E-state index in [-0.39, 0.29) is 0 Å². The number of aromatic nitrogens is 1. The van der Waals surface area contributed by atoms with Crippen LogP contribution in [0.4, 0.5) is 4.79 Å². The molecule has 1 aliphatic heterocycles. The minimum Gasteiger partial charge on any atom is -0.381 e. The fourth-order valence-corrected chi connectivity index (χ4v) is 2.15. The first-order chi connectivity index (χ1) is 7.74. The second kappa shape index (κ2) is 5.24. The van der Waals surface area contributed by atoms with Crippen LogP contribution in [0.1, 0.15) is 5.69 Å². The summed E-state index contributed by atoms with van der Waals surface area (Å²) in [4.78, 5) is 16.9. The van der Waals surface area contributed by atoms with Gasteiger partial charge in [0.15, 0.2) is 0 Å². The molecule has 0 atom stereocenters. The van der Waals surface area contributed by atoms with Crippen LogP contribution in [0.3, 0.4) is 0 Å². The number of hydrogen-bond acceptors (Lipinski definition) is 6. The number of rotatable bonds is 3. The Hall–Kier alpha value is -1.18. The zero-order valence-electron chi connectivity index (χ0n) is 8.72. The number of morpholine rings is 1. The second-order valence-corrected chi connectivity index (χ2v) is 4.24. The highest BCUT2D eigenvalue weighted by atomic mass is 32.1. The molecule has 0 bridgehead atoms. The minimum atomic E-state index is -0.827. The second-order valence-electron chi connectivity index (χ2n) is 3.41. The summed E-state index contributed by atoms with van der Waals surface area (Å²) in [6.45, 7) is 4.08. The van der Waals surface area contributed by atoms with Crippen LogP contribution < -0.4 is 10.5 Å². The first-order valence-electron chi connectivity index (χ1n) is 4.96. The van der Waals surface area contributed by atoms with E-state index in [2.05, 4.69) is 14.6 Å². The summed E-state index contributed by atoms with van der Waals surface area (Å²) in [5.74, 6) is 0. The smallest absolute Gasteiger partial charge is 0.381 e. The SMILES string of the molecule is NC(=O)Oc1nc(CN2CCOCC2)cs1. The standard InChI is InChI=1S/C9H13N3O3S/c10-8(13)15-9-11-7(6-16-9)5-12-1-3-14-4-2-12/h6H,1-5H2,(H2,10,13). The molecule has 1 aromatic rings. The van der Waals surface area contributed by atoms with Gasteiger partial charge in [-0.3, -0.25) is 4.90 Å². The Bertz CT molecular complexity index is 363.